The molecule has 5 nitrogen and oxygen atoms in total. The molecule has 166 valence electrons. The smallest absolute Gasteiger partial charge is 0.455 e. The lowest BCUT2D eigenvalue weighted by Crippen LogP contribution is -2.59. The largest absolute Gasteiger partial charge is 0.458 e. The normalized spacial score (nSPS) is 37.5. The van der Waals surface area contributed by atoms with Gasteiger partial charge in [-0.15, -0.1) is 0 Å². The van der Waals surface area contributed by atoms with Crippen molar-refractivity contribution in [2.45, 2.75) is 90.2 Å². The van der Waals surface area contributed by atoms with Crippen LogP contribution in [-0.4, -0.2) is 34.6 Å². The number of carbonyl (C=O) groups is 2. The molecule has 0 radical (unpaired) electrons. The van der Waals surface area contributed by atoms with Crippen molar-refractivity contribution >= 4 is 11.9 Å². The Balaban J connectivity index is 1.69. The monoisotopic (exact) mass is 420 g/mol. The van der Waals surface area contributed by atoms with Gasteiger partial charge in [-0.3, -0.25) is 9.59 Å². The lowest BCUT2D eigenvalue weighted by atomic mass is 9.50. The van der Waals surface area contributed by atoms with Crippen molar-refractivity contribution in [1.82, 2.24) is 0 Å². The lowest BCUT2D eigenvalue weighted by Gasteiger charge is -2.59. The van der Waals surface area contributed by atoms with E-state index in [4.69, 9.17) is 4.74 Å². The predicted octanol–water partition coefficient (Wildman–Crippen LogP) is 4.36. The molecule has 4 bridgehead atoms. The van der Waals surface area contributed by atoms with E-state index in [1.807, 2.05) is 6.92 Å². The second-order valence-electron chi connectivity index (χ2n) is 9.92. The minimum Gasteiger partial charge on any atom is -0.458 e. The summed E-state index contributed by atoms with van der Waals surface area (Å²) < 4.78 is 48.6. The highest BCUT2D eigenvalue weighted by atomic mass is 19.4. The van der Waals surface area contributed by atoms with Gasteiger partial charge in [0, 0.05) is 6.92 Å². The topological polar surface area (TPSA) is 72.8 Å². The Morgan fingerprint density at radius 2 is 1.52 bits per heavy atom. The number of rotatable bonds is 6. The summed E-state index contributed by atoms with van der Waals surface area (Å²) in [5.74, 6) is -3.50. The number of alkyl halides is 3. The molecule has 4 rings (SSSR count). The van der Waals surface area contributed by atoms with E-state index in [1.165, 1.54) is 13.3 Å². The van der Waals surface area contributed by atoms with E-state index in [9.17, 15) is 27.9 Å². The Kier molecular flexibility index (Phi) is 5.50. The molecule has 4 fully saturated rings. The van der Waals surface area contributed by atoms with Gasteiger partial charge < -0.3 is 14.6 Å². The van der Waals surface area contributed by atoms with Crippen LogP contribution in [0.3, 0.4) is 0 Å². The third-order valence-corrected chi connectivity index (χ3v) is 7.72. The van der Waals surface area contributed by atoms with Gasteiger partial charge in [0.05, 0.1) is 11.8 Å². The second-order valence-corrected chi connectivity index (χ2v) is 9.92. The first-order valence-corrected chi connectivity index (χ1v) is 10.4. The summed E-state index contributed by atoms with van der Waals surface area (Å²) in [6.45, 7) is 5.51. The molecule has 0 aliphatic heterocycles. The van der Waals surface area contributed by atoms with Crippen LogP contribution in [0.5, 0.6) is 0 Å². The third kappa shape index (κ3) is 4.01. The number of aliphatic hydroxyl groups is 1. The molecule has 8 heteroatoms. The van der Waals surface area contributed by atoms with Gasteiger partial charge in [-0.05, 0) is 76.0 Å². The summed E-state index contributed by atoms with van der Waals surface area (Å²) >= 11 is 0. The van der Waals surface area contributed by atoms with Gasteiger partial charge in [-0.1, -0.05) is 6.92 Å². The van der Waals surface area contributed by atoms with Gasteiger partial charge in [0.1, 0.15) is 5.60 Å². The quantitative estimate of drug-likeness (QED) is 0.510. The maximum absolute atomic E-state index is 13.1. The highest BCUT2D eigenvalue weighted by molar-refractivity contribution is 5.83. The molecule has 0 heterocycles. The molecule has 0 spiro atoms. The van der Waals surface area contributed by atoms with Crippen LogP contribution in [0.2, 0.25) is 0 Å². The molecule has 0 aromatic heterocycles. The lowest BCUT2D eigenvalue weighted by molar-refractivity contribution is -0.343. The molecular formula is C21H31F3O5. The summed E-state index contributed by atoms with van der Waals surface area (Å²) in [5.41, 5.74) is -1.92. The fourth-order valence-corrected chi connectivity index (χ4v) is 5.59. The molecular weight excluding hydrogens is 389 g/mol. The third-order valence-electron chi connectivity index (χ3n) is 7.72. The van der Waals surface area contributed by atoms with Crippen LogP contribution < -0.4 is 0 Å². The van der Waals surface area contributed by atoms with Crippen LogP contribution in [-0.2, 0) is 19.1 Å². The van der Waals surface area contributed by atoms with E-state index in [1.54, 1.807) is 6.92 Å². The Morgan fingerprint density at radius 3 is 1.93 bits per heavy atom. The number of halogens is 3. The van der Waals surface area contributed by atoms with E-state index < -0.39 is 41.3 Å². The summed E-state index contributed by atoms with van der Waals surface area (Å²) in [5, 5.41) is 9.39. The molecule has 29 heavy (non-hydrogen) atoms. The van der Waals surface area contributed by atoms with Gasteiger partial charge >= 0.3 is 23.9 Å². The van der Waals surface area contributed by atoms with Crippen molar-refractivity contribution in [2.75, 3.05) is 0 Å². The van der Waals surface area contributed by atoms with Crippen LogP contribution in [0.4, 0.5) is 13.2 Å². The van der Waals surface area contributed by atoms with E-state index in [-0.39, 0.29) is 6.42 Å². The Bertz CT molecular complexity index is 644. The zero-order valence-electron chi connectivity index (χ0n) is 17.5. The predicted molar refractivity (Wildman–Crippen MR) is 97.3 cm³/mol. The molecule has 0 aromatic carbocycles. The van der Waals surface area contributed by atoms with Crippen LogP contribution in [0.15, 0.2) is 0 Å². The zero-order chi connectivity index (χ0) is 21.8. The number of ether oxygens (including phenoxy) is 2. The second kappa shape index (κ2) is 7.13. The number of carbonyl (C=O) groups excluding carboxylic acids is 2. The molecule has 4 aliphatic rings. The van der Waals surface area contributed by atoms with Crippen molar-refractivity contribution < 1.29 is 37.3 Å². The van der Waals surface area contributed by atoms with Gasteiger partial charge in [0.25, 0.3) is 0 Å². The first-order valence-electron chi connectivity index (χ1n) is 10.4. The number of hydrogen-bond acceptors (Lipinski definition) is 5. The van der Waals surface area contributed by atoms with E-state index in [0.29, 0.717) is 30.6 Å². The highest BCUT2D eigenvalue weighted by Crippen LogP contribution is 2.59. The van der Waals surface area contributed by atoms with E-state index >= 15 is 0 Å². The molecule has 2 atom stereocenters. The van der Waals surface area contributed by atoms with Gasteiger partial charge in [-0.25, -0.2) is 0 Å². The zero-order valence-corrected chi connectivity index (χ0v) is 17.5. The van der Waals surface area contributed by atoms with Crippen LogP contribution >= 0.6 is 0 Å². The van der Waals surface area contributed by atoms with Crippen molar-refractivity contribution in [3.8, 4) is 0 Å². The standard InChI is InChI=1S/C21H31F3O5/c1-5-18(2,11-16(25)28-20(4,27)21(22,23)24)17(26)29-19(3)14-7-12-6-13(9-14)10-15(19)8-12/h12-15,27H,5-11H2,1-4H3. The molecule has 1 N–H and O–H groups in total. The first-order chi connectivity index (χ1) is 13.2. The first kappa shape index (κ1) is 22.4. The fourth-order valence-electron chi connectivity index (χ4n) is 5.59. The Morgan fingerprint density at radius 1 is 1.03 bits per heavy atom. The van der Waals surface area contributed by atoms with Crippen LogP contribution in [0.1, 0.15) is 72.6 Å². The SMILES string of the molecule is CCC(C)(CC(=O)OC(C)(O)C(F)(F)F)C(=O)OC1(C)C2CC3CC(C2)CC1C3. The van der Waals surface area contributed by atoms with E-state index in [0.717, 1.165) is 25.7 Å². The molecule has 2 unspecified atom stereocenters. The minimum absolute atomic E-state index is 0.200. The van der Waals surface area contributed by atoms with Crippen molar-refractivity contribution in [3.05, 3.63) is 0 Å². The average molecular weight is 420 g/mol. The summed E-state index contributed by atoms with van der Waals surface area (Å²) in [4.78, 5) is 25.2. The van der Waals surface area contributed by atoms with Crippen LogP contribution in [0, 0.1) is 29.1 Å². The molecule has 0 aromatic rings. The number of hydrogen-bond donors (Lipinski definition) is 1. The number of esters is 2. The molecule has 4 aliphatic carbocycles. The van der Waals surface area contributed by atoms with Gasteiger partial charge in [0.2, 0.25) is 0 Å². The minimum atomic E-state index is -5.13. The summed E-state index contributed by atoms with van der Waals surface area (Å²) in [6.07, 6.45) is -0.107. The average Bonchev–Trinajstić information content (AvgIpc) is 2.57. The Labute approximate surface area is 169 Å². The van der Waals surface area contributed by atoms with Crippen molar-refractivity contribution in [3.63, 3.8) is 0 Å². The summed E-state index contributed by atoms with van der Waals surface area (Å²) in [6, 6.07) is 0. The van der Waals surface area contributed by atoms with Gasteiger partial charge in [-0.2, -0.15) is 13.2 Å². The summed E-state index contributed by atoms with van der Waals surface area (Å²) in [7, 11) is 0. The van der Waals surface area contributed by atoms with Crippen molar-refractivity contribution in [1.29, 1.82) is 0 Å². The maximum Gasteiger partial charge on any atom is 0.455 e. The van der Waals surface area contributed by atoms with Crippen LogP contribution in [0.25, 0.3) is 0 Å². The highest BCUT2D eigenvalue weighted by Gasteiger charge is 2.58. The van der Waals surface area contributed by atoms with Gasteiger partial charge in [0.15, 0.2) is 0 Å². The molecule has 0 saturated heterocycles. The molecule has 0 amide bonds. The fraction of sp³-hybridized carbons (Fsp3) is 0.905. The Hall–Kier alpha value is -1.31. The molecule has 4 saturated carbocycles. The maximum atomic E-state index is 13.1. The van der Waals surface area contributed by atoms with E-state index in [2.05, 4.69) is 4.74 Å². The van der Waals surface area contributed by atoms with Crippen molar-refractivity contribution in [2.24, 2.45) is 29.1 Å².